The summed E-state index contributed by atoms with van der Waals surface area (Å²) in [6, 6.07) is 22.3. The average molecular weight is 413 g/mol. The van der Waals surface area contributed by atoms with Gasteiger partial charge in [0.15, 0.2) is 5.65 Å². The molecule has 0 bridgehead atoms. The fourth-order valence-corrected chi connectivity index (χ4v) is 3.71. The molecule has 0 aliphatic heterocycles. The van der Waals surface area contributed by atoms with Crippen molar-refractivity contribution in [1.29, 1.82) is 0 Å². The largest absolute Gasteiger partial charge is 0.326 e. The molecule has 4 rings (SSSR count). The lowest BCUT2D eigenvalue weighted by molar-refractivity contribution is -0.116. The van der Waals surface area contributed by atoms with Gasteiger partial charge in [0, 0.05) is 24.7 Å². The highest BCUT2D eigenvalue weighted by Crippen LogP contribution is 2.19. The van der Waals surface area contributed by atoms with Crippen molar-refractivity contribution in [2.45, 2.75) is 45.6 Å². The van der Waals surface area contributed by atoms with E-state index in [1.54, 1.807) is 6.20 Å². The van der Waals surface area contributed by atoms with Gasteiger partial charge in [0.1, 0.15) is 11.3 Å². The van der Waals surface area contributed by atoms with E-state index in [2.05, 4.69) is 53.0 Å². The predicted octanol–water partition coefficient (Wildman–Crippen LogP) is 5.56. The third-order valence-electron chi connectivity index (χ3n) is 5.43. The number of rotatable bonds is 8. The van der Waals surface area contributed by atoms with Crippen LogP contribution in [0.3, 0.4) is 0 Å². The minimum absolute atomic E-state index is 0.0288. The van der Waals surface area contributed by atoms with Crippen LogP contribution in [0.25, 0.3) is 11.2 Å². The van der Waals surface area contributed by atoms with Crippen LogP contribution in [0.2, 0.25) is 0 Å². The molecule has 1 amide bonds. The summed E-state index contributed by atoms with van der Waals surface area (Å²) in [7, 11) is 0. The minimum Gasteiger partial charge on any atom is -0.326 e. The van der Waals surface area contributed by atoms with E-state index in [4.69, 9.17) is 4.98 Å². The number of imidazole rings is 1. The van der Waals surface area contributed by atoms with Crippen molar-refractivity contribution in [2.75, 3.05) is 5.32 Å². The van der Waals surface area contributed by atoms with E-state index >= 15 is 0 Å². The molecule has 0 spiro atoms. The van der Waals surface area contributed by atoms with Gasteiger partial charge < -0.3 is 9.88 Å². The highest BCUT2D eigenvalue weighted by molar-refractivity contribution is 5.90. The first-order valence-corrected chi connectivity index (χ1v) is 10.8. The number of aromatic nitrogens is 3. The second-order valence-electron chi connectivity index (χ2n) is 8.12. The number of hydrogen-bond acceptors (Lipinski definition) is 3. The van der Waals surface area contributed by atoms with Gasteiger partial charge in [0.25, 0.3) is 0 Å². The molecule has 5 nitrogen and oxygen atoms in total. The molecule has 2 aromatic carbocycles. The average Bonchev–Trinajstić information content (AvgIpc) is 3.12. The summed E-state index contributed by atoms with van der Waals surface area (Å²) in [5, 5.41) is 3.00. The molecule has 0 saturated heterocycles. The molecule has 0 radical (unpaired) electrons. The predicted molar refractivity (Wildman–Crippen MR) is 125 cm³/mol. The van der Waals surface area contributed by atoms with Crippen LogP contribution in [0.4, 0.5) is 5.69 Å². The van der Waals surface area contributed by atoms with E-state index in [0.29, 0.717) is 12.3 Å². The van der Waals surface area contributed by atoms with Gasteiger partial charge in [-0.3, -0.25) is 4.79 Å². The van der Waals surface area contributed by atoms with Crippen LogP contribution < -0.4 is 5.32 Å². The van der Waals surface area contributed by atoms with Gasteiger partial charge in [-0.15, -0.1) is 0 Å². The van der Waals surface area contributed by atoms with Gasteiger partial charge in [0.05, 0.1) is 6.54 Å². The van der Waals surface area contributed by atoms with Gasteiger partial charge in [-0.1, -0.05) is 56.3 Å². The van der Waals surface area contributed by atoms with Crippen LogP contribution in [0.15, 0.2) is 72.9 Å². The summed E-state index contributed by atoms with van der Waals surface area (Å²) >= 11 is 0. The number of carbonyl (C=O) groups excluding carboxylic acids is 1. The molecule has 2 aromatic heterocycles. The second kappa shape index (κ2) is 9.56. The number of nitrogens with one attached hydrogen (secondary N) is 1. The Hall–Kier alpha value is -3.47. The van der Waals surface area contributed by atoms with Gasteiger partial charge in [-0.05, 0) is 47.7 Å². The number of nitrogens with zero attached hydrogens (tertiary/aromatic N) is 3. The van der Waals surface area contributed by atoms with Crippen LogP contribution in [-0.4, -0.2) is 20.4 Å². The lowest BCUT2D eigenvalue weighted by Crippen LogP contribution is -2.12. The Balaban J connectivity index is 1.40. The molecule has 158 valence electrons. The third kappa shape index (κ3) is 5.18. The molecule has 4 aromatic rings. The Bertz CT molecular complexity index is 1150. The molecule has 31 heavy (non-hydrogen) atoms. The van der Waals surface area contributed by atoms with Gasteiger partial charge in [-0.25, -0.2) is 9.97 Å². The van der Waals surface area contributed by atoms with Gasteiger partial charge in [0.2, 0.25) is 5.91 Å². The number of pyridine rings is 1. The Morgan fingerprint density at radius 3 is 2.52 bits per heavy atom. The standard InChI is InChI=1S/C26H28N4O/c1-19(2)21-13-15-22(16-14-21)28-25(31)12-6-11-24-29-23-10-7-17-27-26(23)30(24)18-20-8-4-3-5-9-20/h3-5,7-10,13-17,19H,6,11-12,18H2,1-2H3,(H,28,31). The van der Waals surface area contributed by atoms with Crippen molar-refractivity contribution in [3.8, 4) is 0 Å². The molecule has 5 heteroatoms. The maximum atomic E-state index is 12.4. The lowest BCUT2D eigenvalue weighted by atomic mass is 10.0. The number of benzene rings is 2. The topological polar surface area (TPSA) is 59.8 Å². The summed E-state index contributed by atoms with van der Waals surface area (Å²) in [6.07, 6.45) is 3.71. The fourth-order valence-electron chi connectivity index (χ4n) is 3.71. The summed E-state index contributed by atoms with van der Waals surface area (Å²) in [4.78, 5) is 21.7. The number of anilines is 1. The van der Waals surface area contributed by atoms with Crippen molar-refractivity contribution in [1.82, 2.24) is 14.5 Å². The van der Waals surface area contributed by atoms with Gasteiger partial charge >= 0.3 is 0 Å². The number of aryl methyl sites for hydroxylation is 1. The normalized spacial score (nSPS) is 11.2. The zero-order valence-electron chi connectivity index (χ0n) is 18.1. The third-order valence-corrected chi connectivity index (χ3v) is 5.43. The highest BCUT2D eigenvalue weighted by atomic mass is 16.1. The van der Waals surface area contributed by atoms with Crippen LogP contribution in [0.5, 0.6) is 0 Å². The summed E-state index contributed by atoms with van der Waals surface area (Å²) in [5.74, 6) is 1.47. The Morgan fingerprint density at radius 1 is 1.00 bits per heavy atom. The van der Waals surface area contributed by atoms with E-state index < -0.39 is 0 Å². The molecule has 0 aliphatic rings. The molecule has 1 N–H and O–H groups in total. The van der Waals surface area contributed by atoms with E-state index in [1.807, 2.05) is 42.5 Å². The van der Waals surface area contributed by atoms with Crippen molar-refractivity contribution < 1.29 is 4.79 Å². The van der Waals surface area contributed by atoms with Crippen molar-refractivity contribution >= 4 is 22.8 Å². The first kappa shape index (κ1) is 20.8. The maximum absolute atomic E-state index is 12.4. The minimum atomic E-state index is 0.0288. The van der Waals surface area contributed by atoms with Crippen LogP contribution in [-0.2, 0) is 17.8 Å². The van der Waals surface area contributed by atoms with Crippen molar-refractivity contribution in [3.05, 3.63) is 89.9 Å². The number of carbonyl (C=O) groups is 1. The van der Waals surface area contributed by atoms with Crippen LogP contribution >= 0.6 is 0 Å². The number of hydrogen-bond donors (Lipinski definition) is 1. The van der Waals surface area contributed by atoms with Crippen LogP contribution in [0.1, 0.15) is 49.6 Å². The van der Waals surface area contributed by atoms with Gasteiger partial charge in [-0.2, -0.15) is 0 Å². The second-order valence-corrected chi connectivity index (χ2v) is 8.12. The Labute approximate surface area is 183 Å². The molecule has 0 unspecified atom stereocenters. The molecular weight excluding hydrogens is 384 g/mol. The molecular formula is C26H28N4O. The monoisotopic (exact) mass is 412 g/mol. The van der Waals surface area contributed by atoms with Crippen molar-refractivity contribution in [2.24, 2.45) is 0 Å². The number of amides is 1. The smallest absolute Gasteiger partial charge is 0.224 e. The molecule has 0 aliphatic carbocycles. The zero-order chi connectivity index (χ0) is 21.6. The first-order chi connectivity index (χ1) is 15.1. The summed E-state index contributed by atoms with van der Waals surface area (Å²) < 4.78 is 2.16. The fraction of sp³-hybridized carbons (Fsp3) is 0.269. The van der Waals surface area contributed by atoms with E-state index in [-0.39, 0.29) is 5.91 Å². The van der Waals surface area contributed by atoms with E-state index in [1.165, 1.54) is 11.1 Å². The van der Waals surface area contributed by atoms with Crippen LogP contribution in [0, 0.1) is 0 Å². The number of fused-ring (bicyclic) bond motifs is 1. The summed E-state index contributed by atoms with van der Waals surface area (Å²) in [5.41, 5.74) is 5.09. The Morgan fingerprint density at radius 2 is 1.77 bits per heavy atom. The molecule has 2 heterocycles. The zero-order valence-corrected chi connectivity index (χ0v) is 18.1. The summed E-state index contributed by atoms with van der Waals surface area (Å²) in [6.45, 7) is 5.04. The molecule has 0 atom stereocenters. The van der Waals surface area contributed by atoms with E-state index in [0.717, 1.165) is 42.1 Å². The maximum Gasteiger partial charge on any atom is 0.224 e. The Kier molecular flexibility index (Phi) is 6.41. The SMILES string of the molecule is CC(C)c1ccc(NC(=O)CCCc2nc3cccnc3n2Cc2ccccc2)cc1. The quantitative estimate of drug-likeness (QED) is 0.412. The first-order valence-electron chi connectivity index (χ1n) is 10.8. The molecule has 0 fully saturated rings. The van der Waals surface area contributed by atoms with Crippen molar-refractivity contribution in [3.63, 3.8) is 0 Å². The van der Waals surface area contributed by atoms with E-state index in [9.17, 15) is 4.79 Å². The molecule has 0 saturated carbocycles. The lowest BCUT2D eigenvalue weighted by Gasteiger charge is -2.10. The highest BCUT2D eigenvalue weighted by Gasteiger charge is 2.13.